The Morgan fingerprint density at radius 2 is 2.17 bits per heavy atom. The Bertz CT molecular complexity index is 421. The van der Waals surface area contributed by atoms with E-state index in [1.54, 1.807) is 18.2 Å². The number of carbonyl (C=O) groups is 1. The Hall–Kier alpha value is -1.07. The number of rotatable bonds is 5. The van der Waals surface area contributed by atoms with Crippen molar-refractivity contribution in [2.75, 3.05) is 12.3 Å². The minimum Gasteiger partial charge on any atom is -0.393 e. The highest BCUT2D eigenvalue weighted by molar-refractivity contribution is 8.00. The molecule has 1 fully saturated rings. The Morgan fingerprint density at radius 1 is 1.44 bits per heavy atom. The molecule has 1 saturated carbocycles. The molecule has 1 aromatic rings. The lowest BCUT2D eigenvalue weighted by atomic mass is 9.82. The minimum absolute atomic E-state index is 0.0929. The third-order valence-corrected chi connectivity index (χ3v) is 4.04. The maximum absolute atomic E-state index is 13.3. The van der Waals surface area contributed by atoms with E-state index >= 15 is 0 Å². The summed E-state index contributed by atoms with van der Waals surface area (Å²) in [5.74, 6) is 0.223. The van der Waals surface area contributed by atoms with Gasteiger partial charge in [-0.15, -0.1) is 11.8 Å². The van der Waals surface area contributed by atoms with Crippen LogP contribution in [0.15, 0.2) is 29.2 Å². The number of hydrogen-bond donors (Lipinski definition) is 2. The molecule has 0 radical (unpaired) electrons. The smallest absolute Gasteiger partial charge is 0.230 e. The average Bonchev–Trinajstić information content (AvgIpc) is 2.32. The number of hydrogen-bond acceptors (Lipinski definition) is 3. The van der Waals surface area contributed by atoms with Crippen molar-refractivity contribution in [3.05, 3.63) is 30.1 Å². The number of halogens is 1. The van der Waals surface area contributed by atoms with Gasteiger partial charge in [-0.25, -0.2) is 4.39 Å². The average molecular weight is 269 g/mol. The number of amides is 1. The summed E-state index contributed by atoms with van der Waals surface area (Å²) in [5, 5.41) is 11.9. The molecule has 0 aromatic heterocycles. The number of aliphatic hydroxyl groups is 1. The number of carbonyl (C=O) groups excluding carboxylic acids is 1. The van der Waals surface area contributed by atoms with Gasteiger partial charge >= 0.3 is 0 Å². The normalized spacial score (nSPS) is 22.3. The Balaban J connectivity index is 1.67. The van der Waals surface area contributed by atoms with Gasteiger partial charge in [0.05, 0.1) is 11.9 Å². The van der Waals surface area contributed by atoms with Crippen LogP contribution in [0, 0.1) is 11.7 Å². The highest BCUT2D eigenvalue weighted by Crippen LogP contribution is 2.26. The van der Waals surface area contributed by atoms with Gasteiger partial charge < -0.3 is 10.4 Å². The van der Waals surface area contributed by atoms with E-state index in [-0.39, 0.29) is 23.6 Å². The molecule has 0 spiro atoms. The van der Waals surface area contributed by atoms with Gasteiger partial charge in [-0.3, -0.25) is 4.79 Å². The molecule has 98 valence electrons. The van der Waals surface area contributed by atoms with Crippen LogP contribution in [0.3, 0.4) is 0 Å². The van der Waals surface area contributed by atoms with Crippen molar-refractivity contribution in [3.8, 4) is 0 Å². The monoisotopic (exact) mass is 269 g/mol. The van der Waals surface area contributed by atoms with E-state index in [4.69, 9.17) is 5.11 Å². The number of benzene rings is 1. The summed E-state index contributed by atoms with van der Waals surface area (Å²) in [7, 11) is 0. The maximum Gasteiger partial charge on any atom is 0.230 e. The predicted molar refractivity (Wildman–Crippen MR) is 68.9 cm³/mol. The van der Waals surface area contributed by atoms with Crippen molar-refractivity contribution in [3.63, 3.8) is 0 Å². The van der Waals surface area contributed by atoms with Crippen molar-refractivity contribution in [2.45, 2.75) is 23.8 Å². The first-order valence-corrected chi connectivity index (χ1v) is 6.96. The van der Waals surface area contributed by atoms with Gasteiger partial charge in [0.1, 0.15) is 5.82 Å². The molecule has 0 bridgehead atoms. The zero-order valence-corrected chi connectivity index (χ0v) is 10.8. The third-order valence-electron chi connectivity index (χ3n) is 2.99. The highest BCUT2D eigenvalue weighted by Gasteiger charge is 2.27. The first kappa shape index (κ1) is 13.4. The quantitative estimate of drug-likeness (QED) is 0.801. The lowest BCUT2D eigenvalue weighted by Crippen LogP contribution is -2.38. The fourth-order valence-electron chi connectivity index (χ4n) is 1.88. The van der Waals surface area contributed by atoms with E-state index in [2.05, 4.69) is 5.32 Å². The van der Waals surface area contributed by atoms with Crippen LogP contribution in [0.1, 0.15) is 12.8 Å². The molecule has 3 nitrogen and oxygen atoms in total. The van der Waals surface area contributed by atoms with Gasteiger partial charge in [0.25, 0.3) is 0 Å². The third kappa shape index (κ3) is 3.71. The predicted octanol–water partition coefficient (Wildman–Crippen LogP) is 1.80. The first-order chi connectivity index (χ1) is 8.65. The van der Waals surface area contributed by atoms with Crippen molar-refractivity contribution >= 4 is 17.7 Å². The van der Waals surface area contributed by atoms with Crippen molar-refractivity contribution in [2.24, 2.45) is 5.92 Å². The summed E-state index contributed by atoms with van der Waals surface area (Å²) in [6.45, 7) is 0.605. The number of nitrogens with one attached hydrogen (secondary N) is 1. The molecule has 0 unspecified atom stereocenters. The topological polar surface area (TPSA) is 49.3 Å². The van der Waals surface area contributed by atoms with Crippen LogP contribution in [-0.2, 0) is 4.79 Å². The van der Waals surface area contributed by atoms with Crippen LogP contribution in [0.25, 0.3) is 0 Å². The standard InChI is InChI=1S/C13H16FNO2S/c14-11-3-1-2-4-12(11)18-8-13(17)15-7-9-5-10(16)6-9/h1-4,9-10,16H,5-8H2,(H,15,17). The molecule has 0 heterocycles. The SMILES string of the molecule is O=C(CSc1ccccc1F)NCC1CC(O)C1. The lowest BCUT2D eigenvalue weighted by Gasteiger charge is -2.31. The van der Waals surface area contributed by atoms with E-state index in [1.807, 2.05) is 0 Å². The molecule has 1 amide bonds. The van der Waals surface area contributed by atoms with Gasteiger partial charge in [-0.1, -0.05) is 12.1 Å². The Labute approximate surface area is 110 Å². The second-order valence-corrected chi connectivity index (χ2v) is 5.53. The van der Waals surface area contributed by atoms with Crippen LogP contribution in [0.4, 0.5) is 4.39 Å². The largest absolute Gasteiger partial charge is 0.393 e. The second kappa shape index (κ2) is 6.20. The fraction of sp³-hybridized carbons (Fsp3) is 0.462. The highest BCUT2D eigenvalue weighted by atomic mass is 32.2. The van der Waals surface area contributed by atoms with Crippen LogP contribution in [-0.4, -0.2) is 29.4 Å². The van der Waals surface area contributed by atoms with Crippen molar-refractivity contribution in [1.29, 1.82) is 0 Å². The molecule has 1 aliphatic rings. The lowest BCUT2D eigenvalue weighted by molar-refractivity contribution is -0.119. The molecular weight excluding hydrogens is 253 g/mol. The molecule has 2 N–H and O–H groups in total. The maximum atomic E-state index is 13.3. The molecule has 2 rings (SSSR count). The van der Waals surface area contributed by atoms with Gasteiger partial charge in [0, 0.05) is 11.4 Å². The van der Waals surface area contributed by atoms with Gasteiger partial charge in [-0.05, 0) is 30.9 Å². The summed E-state index contributed by atoms with van der Waals surface area (Å²) in [5.41, 5.74) is 0. The van der Waals surface area contributed by atoms with E-state index in [0.717, 1.165) is 12.8 Å². The first-order valence-electron chi connectivity index (χ1n) is 5.97. The minimum atomic E-state index is -0.294. The van der Waals surface area contributed by atoms with Crippen LogP contribution in [0.5, 0.6) is 0 Å². The van der Waals surface area contributed by atoms with Gasteiger partial charge in [0.15, 0.2) is 0 Å². The number of thioether (sulfide) groups is 1. The van der Waals surface area contributed by atoms with Gasteiger partial charge in [0.2, 0.25) is 5.91 Å². The molecule has 5 heteroatoms. The Kier molecular flexibility index (Phi) is 4.60. The summed E-state index contributed by atoms with van der Waals surface area (Å²) in [6, 6.07) is 6.42. The molecule has 1 aromatic carbocycles. The van der Waals surface area contributed by atoms with Crippen molar-refractivity contribution < 1.29 is 14.3 Å². The fourth-order valence-corrected chi connectivity index (χ4v) is 2.65. The van der Waals surface area contributed by atoms with Crippen LogP contribution >= 0.6 is 11.8 Å². The van der Waals surface area contributed by atoms with Crippen molar-refractivity contribution in [1.82, 2.24) is 5.32 Å². The summed E-state index contributed by atoms with van der Waals surface area (Å²) < 4.78 is 13.3. The van der Waals surface area contributed by atoms with E-state index in [1.165, 1.54) is 17.8 Å². The van der Waals surface area contributed by atoms with Crippen LogP contribution in [0.2, 0.25) is 0 Å². The summed E-state index contributed by atoms with van der Waals surface area (Å²) in [6.07, 6.45) is 1.33. The summed E-state index contributed by atoms with van der Waals surface area (Å²) >= 11 is 1.20. The Morgan fingerprint density at radius 3 is 2.83 bits per heavy atom. The van der Waals surface area contributed by atoms with Gasteiger partial charge in [-0.2, -0.15) is 0 Å². The van der Waals surface area contributed by atoms with E-state index < -0.39 is 0 Å². The second-order valence-electron chi connectivity index (χ2n) is 4.51. The van der Waals surface area contributed by atoms with E-state index in [9.17, 15) is 9.18 Å². The summed E-state index contributed by atoms with van der Waals surface area (Å²) in [4.78, 5) is 12.0. The molecular formula is C13H16FNO2S. The molecule has 0 atom stereocenters. The van der Waals surface area contributed by atoms with Crippen LogP contribution < -0.4 is 5.32 Å². The zero-order chi connectivity index (χ0) is 13.0. The number of aliphatic hydroxyl groups excluding tert-OH is 1. The van der Waals surface area contributed by atoms with E-state index in [0.29, 0.717) is 17.4 Å². The molecule has 18 heavy (non-hydrogen) atoms. The molecule has 1 aliphatic carbocycles. The molecule has 0 aliphatic heterocycles. The molecule has 0 saturated heterocycles. The zero-order valence-electron chi connectivity index (χ0n) is 9.93.